The van der Waals surface area contributed by atoms with Crippen LogP contribution in [0.25, 0.3) is 22.3 Å². The number of rotatable bonds is 3. The normalized spacial score (nSPS) is 19.8. The first-order chi connectivity index (χ1) is 11.7. The molecule has 4 rings (SSSR count). The average Bonchev–Trinajstić information content (AvgIpc) is 3.06. The molecular formula is C19H23N5. The highest BCUT2D eigenvalue weighted by molar-refractivity contribution is 5.83. The summed E-state index contributed by atoms with van der Waals surface area (Å²) >= 11 is 0. The van der Waals surface area contributed by atoms with E-state index in [0.717, 1.165) is 48.5 Å². The van der Waals surface area contributed by atoms with Crippen LogP contribution in [0.1, 0.15) is 0 Å². The fourth-order valence-electron chi connectivity index (χ4n) is 3.46. The van der Waals surface area contributed by atoms with Gasteiger partial charge in [-0.3, -0.25) is 9.88 Å². The molecule has 0 saturated carbocycles. The second kappa shape index (κ2) is 6.34. The zero-order valence-corrected chi connectivity index (χ0v) is 14.3. The molecule has 1 unspecified atom stereocenters. The van der Waals surface area contributed by atoms with E-state index in [1.807, 2.05) is 18.5 Å². The van der Waals surface area contributed by atoms with Crippen molar-refractivity contribution in [2.24, 2.45) is 0 Å². The van der Waals surface area contributed by atoms with Gasteiger partial charge in [0.2, 0.25) is 0 Å². The summed E-state index contributed by atoms with van der Waals surface area (Å²) in [5, 5.41) is 1.15. The Labute approximate surface area is 142 Å². The van der Waals surface area contributed by atoms with E-state index < -0.39 is 0 Å². The van der Waals surface area contributed by atoms with Gasteiger partial charge in [-0.1, -0.05) is 6.07 Å². The van der Waals surface area contributed by atoms with Crippen molar-refractivity contribution in [3.63, 3.8) is 0 Å². The molecule has 1 aliphatic rings. The predicted octanol–water partition coefficient (Wildman–Crippen LogP) is 2.34. The summed E-state index contributed by atoms with van der Waals surface area (Å²) in [6, 6.07) is 11.0. The zero-order chi connectivity index (χ0) is 16.5. The van der Waals surface area contributed by atoms with Gasteiger partial charge in [-0.05, 0) is 38.4 Å². The molecule has 2 aromatic heterocycles. The number of benzene rings is 1. The number of imidazole rings is 1. The second-order valence-electron chi connectivity index (χ2n) is 6.71. The van der Waals surface area contributed by atoms with Gasteiger partial charge in [-0.15, -0.1) is 0 Å². The van der Waals surface area contributed by atoms with E-state index in [2.05, 4.69) is 68.9 Å². The van der Waals surface area contributed by atoms with E-state index in [0.29, 0.717) is 6.04 Å². The molecule has 0 aliphatic carbocycles. The predicted molar refractivity (Wildman–Crippen MR) is 96.9 cm³/mol. The minimum absolute atomic E-state index is 0.513. The van der Waals surface area contributed by atoms with Gasteiger partial charge in [-0.2, -0.15) is 0 Å². The lowest BCUT2D eigenvalue weighted by Gasteiger charge is -2.38. The molecular weight excluding hydrogens is 298 g/mol. The standard InChI is InChI=1S/C19H23N5/c1-22-10-11-23(2)17(13-22)14-24-9-8-21-19(24)16-5-6-18-15(12-16)4-3-7-20-18/h3-9,12,17H,10-11,13-14H2,1-2H3. The molecule has 0 N–H and O–H groups in total. The van der Waals surface area contributed by atoms with Crippen LogP contribution in [0.4, 0.5) is 0 Å². The Morgan fingerprint density at radius 3 is 2.92 bits per heavy atom. The maximum atomic E-state index is 4.61. The molecule has 0 bridgehead atoms. The van der Waals surface area contributed by atoms with Crippen molar-refractivity contribution in [1.29, 1.82) is 0 Å². The van der Waals surface area contributed by atoms with E-state index >= 15 is 0 Å². The Balaban J connectivity index is 1.63. The molecule has 1 fully saturated rings. The topological polar surface area (TPSA) is 37.2 Å². The maximum absolute atomic E-state index is 4.61. The van der Waals surface area contributed by atoms with Crippen molar-refractivity contribution in [1.82, 2.24) is 24.3 Å². The Kier molecular flexibility index (Phi) is 4.04. The monoisotopic (exact) mass is 321 g/mol. The number of hydrogen-bond donors (Lipinski definition) is 0. The quantitative estimate of drug-likeness (QED) is 0.742. The fourth-order valence-corrected chi connectivity index (χ4v) is 3.46. The highest BCUT2D eigenvalue weighted by Crippen LogP contribution is 2.23. The minimum atomic E-state index is 0.513. The third kappa shape index (κ3) is 2.92. The van der Waals surface area contributed by atoms with E-state index in [4.69, 9.17) is 0 Å². The van der Waals surface area contributed by atoms with Crippen molar-refractivity contribution < 1.29 is 0 Å². The summed E-state index contributed by atoms with van der Waals surface area (Å²) < 4.78 is 2.28. The average molecular weight is 321 g/mol. The van der Waals surface area contributed by atoms with Gasteiger partial charge in [0.25, 0.3) is 0 Å². The molecule has 5 heteroatoms. The first-order valence-electron chi connectivity index (χ1n) is 8.46. The Morgan fingerprint density at radius 1 is 1.08 bits per heavy atom. The summed E-state index contributed by atoms with van der Waals surface area (Å²) in [6.45, 7) is 4.31. The summed E-state index contributed by atoms with van der Waals surface area (Å²) in [5.41, 5.74) is 2.17. The van der Waals surface area contributed by atoms with Crippen LogP contribution in [0.15, 0.2) is 48.9 Å². The minimum Gasteiger partial charge on any atom is -0.329 e. The molecule has 24 heavy (non-hydrogen) atoms. The largest absolute Gasteiger partial charge is 0.329 e. The molecule has 1 atom stereocenters. The number of piperazine rings is 1. The first kappa shape index (κ1) is 15.3. The van der Waals surface area contributed by atoms with Crippen molar-refractivity contribution in [3.8, 4) is 11.4 Å². The summed E-state index contributed by atoms with van der Waals surface area (Å²) in [7, 11) is 4.42. The van der Waals surface area contributed by atoms with Crippen LogP contribution in [0, 0.1) is 0 Å². The van der Waals surface area contributed by atoms with Crippen LogP contribution < -0.4 is 0 Å². The molecule has 3 aromatic rings. The Morgan fingerprint density at radius 2 is 2.00 bits per heavy atom. The summed E-state index contributed by atoms with van der Waals surface area (Å²) in [6.07, 6.45) is 5.82. The number of nitrogens with zero attached hydrogens (tertiary/aromatic N) is 5. The third-order valence-corrected chi connectivity index (χ3v) is 4.96. The number of hydrogen-bond acceptors (Lipinski definition) is 4. The van der Waals surface area contributed by atoms with Gasteiger partial charge >= 0.3 is 0 Å². The Bertz CT molecular complexity index is 840. The van der Waals surface area contributed by atoms with Crippen LogP contribution in [0.3, 0.4) is 0 Å². The molecule has 1 saturated heterocycles. The van der Waals surface area contributed by atoms with Gasteiger partial charge < -0.3 is 9.47 Å². The molecule has 1 aromatic carbocycles. The number of likely N-dealkylation sites (N-methyl/N-ethyl adjacent to an activating group) is 2. The lowest BCUT2D eigenvalue weighted by atomic mass is 10.1. The molecule has 124 valence electrons. The van der Waals surface area contributed by atoms with Gasteiger partial charge in [0, 0.05) is 61.8 Å². The molecule has 3 heterocycles. The lowest BCUT2D eigenvalue weighted by molar-refractivity contribution is 0.103. The number of aromatic nitrogens is 3. The molecule has 0 radical (unpaired) electrons. The second-order valence-corrected chi connectivity index (χ2v) is 6.71. The van der Waals surface area contributed by atoms with Crippen molar-refractivity contribution in [2.45, 2.75) is 12.6 Å². The molecule has 5 nitrogen and oxygen atoms in total. The fraction of sp³-hybridized carbons (Fsp3) is 0.368. The zero-order valence-electron chi connectivity index (χ0n) is 14.3. The number of fused-ring (bicyclic) bond motifs is 1. The van der Waals surface area contributed by atoms with Crippen LogP contribution >= 0.6 is 0 Å². The lowest BCUT2D eigenvalue weighted by Crippen LogP contribution is -2.51. The van der Waals surface area contributed by atoms with E-state index in [1.165, 1.54) is 0 Å². The summed E-state index contributed by atoms with van der Waals surface area (Å²) in [4.78, 5) is 13.9. The van der Waals surface area contributed by atoms with Gasteiger partial charge in [0.1, 0.15) is 5.82 Å². The van der Waals surface area contributed by atoms with Crippen molar-refractivity contribution in [2.75, 3.05) is 33.7 Å². The van der Waals surface area contributed by atoms with E-state index in [-0.39, 0.29) is 0 Å². The smallest absolute Gasteiger partial charge is 0.139 e. The number of pyridine rings is 1. The van der Waals surface area contributed by atoms with E-state index in [1.54, 1.807) is 0 Å². The van der Waals surface area contributed by atoms with Gasteiger partial charge in [0.05, 0.1) is 5.52 Å². The Hall–Kier alpha value is -2.24. The SMILES string of the molecule is CN1CCN(C)C(Cn2ccnc2-c2ccc3ncccc3c2)C1. The first-order valence-corrected chi connectivity index (χ1v) is 8.46. The third-order valence-electron chi connectivity index (χ3n) is 4.96. The van der Waals surface area contributed by atoms with Crippen LogP contribution in [-0.4, -0.2) is 64.1 Å². The highest BCUT2D eigenvalue weighted by Gasteiger charge is 2.23. The maximum Gasteiger partial charge on any atom is 0.139 e. The molecule has 0 amide bonds. The summed E-state index contributed by atoms with van der Waals surface area (Å²) in [5.74, 6) is 1.03. The van der Waals surface area contributed by atoms with Crippen LogP contribution in [-0.2, 0) is 6.54 Å². The molecule has 0 spiro atoms. The van der Waals surface area contributed by atoms with E-state index in [9.17, 15) is 0 Å². The van der Waals surface area contributed by atoms with Crippen molar-refractivity contribution in [3.05, 3.63) is 48.9 Å². The van der Waals surface area contributed by atoms with Crippen LogP contribution in [0.2, 0.25) is 0 Å². The van der Waals surface area contributed by atoms with Gasteiger partial charge in [-0.25, -0.2) is 4.98 Å². The van der Waals surface area contributed by atoms with Crippen molar-refractivity contribution >= 4 is 10.9 Å². The molecule has 1 aliphatic heterocycles. The van der Waals surface area contributed by atoms with Gasteiger partial charge in [0.15, 0.2) is 0 Å². The highest BCUT2D eigenvalue weighted by atomic mass is 15.3. The van der Waals surface area contributed by atoms with Crippen LogP contribution in [0.5, 0.6) is 0 Å².